The Balaban J connectivity index is 1.80. The van der Waals surface area contributed by atoms with Gasteiger partial charge < -0.3 is 5.32 Å². The lowest BCUT2D eigenvalue weighted by atomic mass is 9.68. The second-order valence-corrected chi connectivity index (χ2v) is 9.08. The average molecular weight is 423 g/mol. The maximum atomic E-state index is 13.2. The van der Waals surface area contributed by atoms with Crippen molar-refractivity contribution in [2.24, 2.45) is 5.41 Å². The zero-order valence-electron chi connectivity index (χ0n) is 15.1. The SMILES string of the molecule is CC1(C)CC(=O)C2=C(C1)Nc1ccc3n[nH]nc3c1C2c1ccc(Br)cc1. The standard InChI is InChI=1S/C21H19BrN4O/c1-21(2)9-15-18(16(27)10-21)17(11-3-5-12(22)6-4-11)19-13(23-15)7-8-14-20(19)25-26-24-14/h3-8,17,23H,9-10H2,1-2H3,(H,24,25,26). The molecule has 1 aliphatic heterocycles. The number of hydrogen-bond acceptors (Lipinski definition) is 4. The average Bonchev–Trinajstić information content (AvgIpc) is 3.08. The van der Waals surface area contributed by atoms with Crippen molar-refractivity contribution in [3.05, 3.63) is 63.3 Å². The van der Waals surface area contributed by atoms with Gasteiger partial charge in [-0.1, -0.05) is 41.9 Å². The molecule has 0 bridgehead atoms. The van der Waals surface area contributed by atoms with Crippen LogP contribution in [0.25, 0.3) is 11.0 Å². The minimum atomic E-state index is -0.137. The first-order valence-corrected chi connectivity index (χ1v) is 9.84. The lowest BCUT2D eigenvalue weighted by molar-refractivity contribution is -0.118. The number of aromatic amines is 1. The Morgan fingerprint density at radius 3 is 2.63 bits per heavy atom. The Hall–Kier alpha value is -2.47. The number of rotatable bonds is 1. The highest BCUT2D eigenvalue weighted by Gasteiger charge is 2.41. The summed E-state index contributed by atoms with van der Waals surface area (Å²) in [4.78, 5) is 13.2. The number of benzene rings is 2. The van der Waals surface area contributed by atoms with Crippen LogP contribution in [0, 0.1) is 5.41 Å². The van der Waals surface area contributed by atoms with Gasteiger partial charge in [0.15, 0.2) is 5.78 Å². The van der Waals surface area contributed by atoms with Crippen molar-refractivity contribution in [3.63, 3.8) is 0 Å². The highest BCUT2D eigenvalue weighted by molar-refractivity contribution is 9.10. The third-order valence-electron chi connectivity index (χ3n) is 5.51. The zero-order valence-corrected chi connectivity index (χ0v) is 16.7. The number of halogens is 1. The summed E-state index contributed by atoms with van der Waals surface area (Å²) in [5.74, 6) is 0.0783. The van der Waals surface area contributed by atoms with Crippen LogP contribution in [0.5, 0.6) is 0 Å². The number of carbonyl (C=O) groups excluding carboxylic acids is 1. The summed E-state index contributed by atoms with van der Waals surface area (Å²) in [5, 5.41) is 14.9. The maximum absolute atomic E-state index is 13.2. The van der Waals surface area contributed by atoms with Gasteiger partial charge in [-0.3, -0.25) is 4.79 Å². The van der Waals surface area contributed by atoms with E-state index in [4.69, 9.17) is 0 Å². The molecule has 3 aromatic rings. The van der Waals surface area contributed by atoms with E-state index in [1.807, 2.05) is 24.3 Å². The Kier molecular flexibility index (Phi) is 3.56. The lowest BCUT2D eigenvalue weighted by Gasteiger charge is -2.39. The van der Waals surface area contributed by atoms with Crippen molar-refractivity contribution in [3.8, 4) is 0 Å². The molecule has 1 unspecified atom stereocenters. The summed E-state index contributed by atoms with van der Waals surface area (Å²) in [5.41, 5.74) is 6.63. The predicted octanol–water partition coefficient (Wildman–Crippen LogP) is 4.92. The molecular weight excluding hydrogens is 404 g/mol. The quantitative estimate of drug-likeness (QED) is 0.583. The molecule has 0 fully saturated rings. The molecule has 2 aliphatic rings. The molecule has 27 heavy (non-hydrogen) atoms. The van der Waals surface area contributed by atoms with Gasteiger partial charge in [-0.05, 0) is 41.7 Å². The Labute approximate surface area is 165 Å². The van der Waals surface area contributed by atoms with E-state index in [9.17, 15) is 4.79 Å². The number of nitrogens with zero attached hydrogens (tertiary/aromatic N) is 2. The maximum Gasteiger partial charge on any atom is 0.162 e. The van der Waals surface area contributed by atoms with Gasteiger partial charge in [-0.25, -0.2) is 0 Å². The van der Waals surface area contributed by atoms with Crippen LogP contribution < -0.4 is 5.32 Å². The molecule has 0 spiro atoms. The first-order valence-electron chi connectivity index (χ1n) is 9.05. The fourth-order valence-corrected chi connectivity index (χ4v) is 4.68. The summed E-state index contributed by atoms with van der Waals surface area (Å²) < 4.78 is 1.02. The summed E-state index contributed by atoms with van der Waals surface area (Å²) >= 11 is 3.51. The largest absolute Gasteiger partial charge is 0.358 e. The summed E-state index contributed by atoms with van der Waals surface area (Å²) in [6, 6.07) is 12.2. The van der Waals surface area contributed by atoms with Crippen LogP contribution in [0.2, 0.25) is 0 Å². The van der Waals surface area contributed by atoms with Crippen LogP contribution in [-0.2, 0) is 4.79 Å². The van der Waals surface area contributed by atoms with Gasteiger partial charge in [-0.2, -0.15) is 15.4 Å². The van der Waals surface area contributed by atoms with E-state index >= 15 is 0 Å². The topological polar surface area (TPSA) is 70.7 Å². The van der Waals surface area contributed by atoms with Gasteiger partial charge in [0, 0.05) is 39.3 Å². The Morgan fingerprint density at radius 1 is 1.07 bits per heavy atom. The molecule has 2 N–H and O–H groups in total. The van der Waals surface area contributed by atoms with Crippen LogP contribution in [0.1, 0.15) is 43.7 Å². The van der Waals surface area contributed by atoms with E-state index < -0.39 is 0 Å². The van der Waals surface area contributed by atoms with E-state index in [2.05, 4.69) is 62.6 Å². The molecule has 5 nitrogen and oxygen atoms in total. The van der Waals surface area contributed by atoms with Crippen molar-refractivity contribution >= 4 is 38.4 Å². The smallest absolute Gasteiger partial charge is 0.162 e. The number of ketones is 1. The number of Topliss-reactive ketones (excluding diaryl/α,β-unsaturated/α-hetero) is 1. The number of carbonyl (C=O) groups is 1. The molecule has 2 heterocycles. The number of nitrogens with one attached hydrogen (secondary N) is 2. The van der Waals surface area contributed by atoms with Crippen LogP contribution in [0.4, 0.5) is 5.69 Å². The molecule has 1 aliphatic carbocycles. The van der Waals surface area contributed by atoms with Crippen molar-refractivity contribution in [1.82, 2.24) is 15.4 Å². The fourth-order valence-electron chi connectivity index (χ4n) is 4.41. The number of H-pyrrole nitrogens is 1. The van der Waals surface area contributed by atoms with Crippen molar-refractivity contribution in [1.29, 1.82) is 0 Å². The third kappa shape index (κ3) is 2.62. The van der Waals surface area contributed by atoms with E-state index in [0.717, 1.165) is 50.0 Å². The van der Waals surface area contributed by atoms with Gasteiger partial charge >= 0.3 is 0 Å². The summed E-state index contributed by atoms with van der Waals surface area (Å²) in [6.45, 7) is 4.31. The fraction of sp³-hybridized carbons (Fsp3) is 0.286. The molecule has 6 heteroatoms. The molecule has 136 valence electrons. The van der Waals surface area contributed by atoms with Crippen molar-refractivity contribution in [2.45, 2.75) is 32.6 Å². The van der Waals surface area contributed by atoms with Crippen LogP contribution in [0.15, 0.2) is 52.1 Å². The van der Waals surface area contributed by atoms with E-state index in [1.165, 1.54) is 0 Å². The molecule has 2 aromatic carbocycles. The van der Waals surface area contributed by atoms with Gasteiger partial charge in [0.2, 0.25) is 0 Å². The number of aromatic nitrogens is 3. The van der Waals surface area contributed by atoms with Crippen molar-refractivity contribution in [2.75, 3.05) is 5.32 Å². The summed E-state index contributed by atoms with van der Waals surface area (Å²) in [6.07, 6.45) is 1.42. The minimum absolute atomic E-state index is 0.0390. The first kappa shape index (κ1) is 16.7. The highest BCUT2D eigenvalue weighted by Crippen LogP contribution is 2.50. The van der Waals surface area contributed by atoms with Gasteiger partial charge in [0.1, 0.15) is 11.0 Å². The predicted molar refractivity (Wildman–Crippen MR) is 109 cm³/mol. The number of allylic oxidation sites excluding steroid dienone is 2. The molecule has 0 saturated heterocycles. The number of hydrogen-bond donors (Lipinski definition) is 2. The zero-order chi connectivity index (χ0) is 18.8. The molecule has 0 amide bonds. The lowest BCUT2D eigenvalue weighted by Crippen LogP contribution is -2.33. The molecule has 0 radical (unpaired) electrons. The van der Waals surface area contributed by atoms with Gasteiger partial charge in [0.25, 0.3) is 0 Å². The second kappa shape index (κ2) is 5.76. The van der Waals surface area contributed by atoms with Crippen LogP contribution in [0.3, 0.4) is 0 Å². The summed E-state index contributed by atoms with van der Waals surface area (Å²) in [7, 11) is 0. The van der Waals surface area contributed by atoms with Gasteiger partial charge in [0.05, 0.1) is 0 Å². The number of anilines is 1. The van der Waals surface area contributed by atoms with E-state index in [-0.39, 0.29) is 17.1 Å². The van der Waals surface area contributed by atoms with E-state index in [0.29, 0.717) is 6.42 Å². The monoisotopic (exact) mass is 422 g/mol. The number of fused-ring (bicyclic) bond motifs is 3. The van der Waals surface area contributed by atoms with Gasteiger partial charge in [-0.15, -0.1) is 0 Å². The second-order valence-electron chi connectivity index (χ2n) is 8.16. The minimum Gasteiger partial charge on any atom is -0.358 e. The van der Waals surface area contributed by atoms with Crippen LogP contribution in [-0.4, -0.2) is 21.2 Å². The highest BCUT2D eigenvalue weighted by atomic mass is 79.9. The Morgan fingerprint density at radius 2 is 1.85 bits per heavy atom. The molecule has 1 atom stereocenters. The normalized spacial score (nSPS) is 21.0. The Bertz CT molecular complexity index is 1110. The van der Waals surface area contributed by atoms with Crippen molar-refractivity contribution < 1.29 is 4.79 Å². The molecular formula is C21H19BrN4O. The van der Waals surface area contributed by atoms with E-state index in [1.54, 1.807) is 0 Å². The molecule has 5 rings (SSSR count). The third-order valence-corrected chi connectivity index (χ3v) is 6.04. The first-order chi connectivity index (χ1) is 12.9. The molecule has 0 saturated carbocycles. The van der Waals surface area contributed by atoms with Crippen LogP contribution >= 0.6 is 15.9 Å². The molecule has 1 aromatic heterocycles.